The molecule has 4 rings (SSSR count). The van der Waals surface area contributed by atoms with Crippen LogP contribution in [-0.4, -0.2) is 25.1 Å². The fourth-order valence-corrected chi connectivity index (χ4v) is 4.40. The molecule has 4 nitrogen and oxygen atoms in total. The van der Waals surface area contributed by atoms with Crippen LogP contribution in [0, 0.1) is 5.92 Å². The summed E-state index contributed by atoms with van der Waals surface area (Å²) in [6, 6.07) is 10.6. The van der Waals surface area contributed by atoms with E-state index in [-0.39, 0.29) is 36.1 Å². The van der Waals surface area contributed by atoms with E-state index >= 15 is 0 Å². The summed E-state index contributed by atoms with van der Waals surface area (Å²) in [5.41, 5.74) is -2.87. The minimum absolute atomic E-state index is 0.00130. The first kappa shape index (κ1) is 25.5. The summed E-state index contributed by atoms with van der Waals surface area (Å²) < 4.78 is 85.5. The van der Waals surface area contributed by atoms with E-state index in [1.807, 2.05) is 30.3 Å². The van der Waals surface area contributed by atoms with Gasteiger partial charge in [-0.1, -0.05) is 30.3 Å². The van der Waals surface area contributed by atoms with Crippen molar-refractivity contribution in [2.24, 2.45) is 5.92 Å². The van der Waals surface area contributed by atoms with Crippen molar-refractivity contribution < 1.29 is 35.9 Å². The van der Waals surface area contributed by atoms with Gasteiger partial charge in [0.1, 0.15) is 0 Å². The first-order valence-electron chi connectivity index (χ1n) is 11.4. The molecule has 2 aromatic rings. The lowest BCUT2D eigenvalue weighted by molar-refractivity contribution is -0.143. The van der Waals surface area contributed by atoms with Gasteiger partial charge in [-0.25, -0.2) is 0 Å². The van der Waals surface area contributed by atoms with E-state index in [4.69, 9.17) is 4.74 Å². The van der Waals surface area contributed by atoms with Crippen LogP contribution in [0.3, 0.4) is 0 Å². The predicted molar refractivity (Wildman–Crippen MR) is 116 cm³/mol. The second kappa shape index (κ2) is 9.46. The Morgan fingerprint density at radius 1 is 1.06 bits per heavy atom. The lowest BCUT2D eigenvalue weighted by Gasteiger charge is -2.32. The van der Waals surface area contributed by atoms with Crippen molar-refractivity contribution in [3.8, 4) is 0 Å². The molecule has 1 amide bonds. The Bertz CT molecular complexity index is 1020. The zero-order valence-corrected chi connectivity index (χ0v) is 19.0. The smallest absolute Gasteiger partial charge is 0.372 e. The molecule has 0 aromatic heterocycles. The third kappa shape index (κ3) is 5.98. The largest absolute Gasteiger partial charge is 0.416 e. The molecule has 10 heteroatoms. The first-order valence-corrected chi connectivity index (χ1v) is 11.4. The van der Waals surface area contributed by atoms with E-state index in [2.05, 4.69) is 10.6 Å². The Labute approximate surface area is 199 Å². The van der Waals surface area contributed by atoms with Crippen LogP contribution in [0.25, 0.3) is 0 Å². The minimum Gasteiger partial charge on any atom is -0.372 e. The highest BCUT2D eigenvalue weighted by Gasteiger charge is 2.43. The number of benzene rings is 2. The number of nitrogens with one attached hydrogen (secondary N) is 2. The molecule has 2 N–H and O–H groups in total. The van der Waals surface area contributed by atoms with Crippen LogP contribution in [0.5, 0.6) is 0 Å². The van der Waals surface area contributed by atoms with Crippen molar-refractivity contribution in [1.82, 2.24) is 10.6 Å². The van der Waals surface area contributed by atoms with Gasteiger partial charge >= 0.3 is 12.4 Å². The van der Waals surface area contributed by atoms with Crippen molar-refractivity contribution in [1.29, 1.82) is 0 Å². The molecule has 2 fully saturated rings. The highest BCUT2D eigenvalue weighted by molar-refractivity contribution is 5.81. The lowest BCUT2D eigenvalue weighted by Crippen LogP contribution is -2.41. The number of rotatable bonds is 7. The molecule has 2 aromatic carbocycles. The topological polar surface area (TPSA) is 50.4 Å². The molecular weight excluding hydrogens is 474 g/mol. The zero-order valence-electron chi connectivity index (χ0n) is 19.0. The average molecular weight is 500 g/mol. The second-order valence-electron chi connectivity index (χ2n) is 9.31. The SMILES string of the molecule is CC(OCC1(c2ccccc2)CC(NC(=O)C2CC2)CN1)c1cc(C(F)(F)F)cc(C(F)(F)F)c1. The molecule has 0 radical (unpaired) electrons. The first-order chi connectivity index (χ1) is 16.4. The highest BCUT2D eigenvalue weighted by atomic mass is 19.4. The van der Waals surface area contributed by atoms with E-state index in [1.165, 1.54) is 6.92 Å². The van der Waals surface area contributed by atoms with Gasteiger partial charge in [0.05, 0.1) is 29.4 Å². The highest BCUT2D eigenvalue weighted by Crippen LogP contribution is 2.39. The fourth-order valence-electron chi connectivity index (χ4n) is 4.40. The summed E-state index contributed by atoms with van der Waals surface area (Å²) in [6.07, 6.45) is -8.69. The normalized spacial score (nSPS) is 23.8. The summed E-state index contributed by atoms with van der Waals surface area (Å²) in [7, 11) is 0. The fraction of sp³-hybridized carbons (Fsp3) is 0.480. The quantitative estimate of drug-likeness (QED) is 0.488. The average Bonchev–Trinajstić information content (AvgIpc) is 3.58. The van der Waals surface area contributed by atoms with E-state index < -0.39 is 35.1 Å². The van der Waals surface area contributed by atoms with Gasteiger partial charge in [-0.2, -0.15) is 26.3 Å². The molecule has 2 aliphatic rings. The van der Waals surface area contributed by atoms with Crippen LogP contribution in [0.4, 0.5) is 26.3 Å². The summed E-state index contributed by atoms with van der Waals surface area (Å²) in [6.45, 7) is 1.88. The molecule has 0 spiro atoms. The molecule has 3 atom stereocenters. The number of alkyl halides is 6. The van der Waals surface area contributed by atoms with Crippen LogP contribution in [0.2, 0.25) is 0 Å². The molecule has 3 unspecified atom stereocenters. The third-order valence-electron chi connectivity index (χ3n) is 6.56. The van der Waals surface area contributed by atoms with Gasteiger partial charge in [0.2, 0.25) is 5.91 Å². The number of hydrogen-bond acceptors (Lipinski definition) is 3. The van der Waals surface area contributed by atoms with Gasteiger partial charge in [0, 0.05) is 18.5 Å². The molecule has 1 aliphatic carbocycles. The van der Waals surface area contributed by atoms with Crippen molar-refractivity contribution in [2.75, 3.05) is 13.2 Å². The summed E-state index contributed by atoms with van der Waals surface area (Å²) in [5, 5.41) is 6.41. The summed E-state index contributed by atoms with van der Waals surface area (Å²) in [5.74, 6) is 0.0420. The Kier molecular flexibility index (Phi) is 6.89. The Morgan fingerprint density at radius 2 is 1.66 bits per heavy atom. The van der Waals surface area contributed by atoms with Crippen molar-refractivity contribution in [2.45, 2.75) is 56.2 Å². The van der Waals surface area contributed by atoms with Gasteiger partial charge in [0.25, 0.3) is 0 Å². The van der Waals surface area contributed by atoms with Gasteiger partial charge in [-0.3, -0.25) is 4.79 Å². The van der Waals surface area contributed by atoms with Crippen molar-refractivity contribution >= 4 is 5.91 Å². The summed E-state index contributed by atoms with van der Waals surface area (Å²) >= 11 is 0. The van der Waals surface area contributed by atoms with E-state index in [0.717, 1.165) is 18.4 Å². The van der Waals surface area contributed by atoms with E-state index in [1.54, 1.807) is 0 Å². The number of hydrogen-bond donors (Lipinski definition) is 2. The third-order valence-corrected chi connectivity index (χ3v) is 6.56. The maximum atomic E-state index is 13.3. The van der Waals surface area contributed by atoms with E-state index in [9.17, 15) is 31.1 Å². The standard InChI is InChI=1S/C25H26F6N2O2/c1-15(17-9-19(24(26,27)28)11-20(10-17)25(29,30)31)35-14-23(18-5-3-2-4-6-18)12-21(13-32-23)33-22(34)16-7-8-16/h2-6,9-11,15-16,21,32H,7-8,12-14H2,1H3,(H,33,34). The van der Waals surface area contributed by atoms with Crippen LogP contribution in [-0.2, 0) is 27.4 Å². The molecule has 35 heavy (non-hydrogen) atoms. The zero-order chi connectivity index (χ0) is 25.4. The molecule has 0 bridgehead atoms. The van der Waals surface area contributed by atoms with Gasteiger partial charge in [0.15, 0.2) is 0 Å². The van der Waals surface area contributed by atoms with Gasteiger partial charge < -0.3 is 15.4 Å². The number of carbonyl (C=O) groups is 1. The summed E-state index contributed by atoms with van der Waals surface area (Å²) in [4.78, 5) is 12.2. The Morgan fingerprint density at radius 3 is 2.20 bits per heavy atom. The van der Waals surface area contributed by atoms with Crippen LogP contribution in [0.15, 0.2) is 48.5 Å². The maximum absolute atomic E-state index is 13.3. The van der Waals surface area contributed by atoms with E-state index in [0.29, 0.717) is 25.1 Å². The van der Waals surface area contributed by atoms with Crippen molar-refractivity contribution in [3.63, 3.8) is 0 Å². The van der Waals surface area contributed by atoms with Gasteiger partial charge in [-0.15, -0.1) is 0 Å². The number of ether oxygens (including phenoxy) is 1. The molecule has 1 saturated heterocycles. The maximum Gasteiger partial charge on any atom is 0.416 e. The molecule has 1 heterocycles. The lowest BCUT2D eigenvalue weighted by atomic mass is 9.88. The molecule has 1 saturated carbocycles. The monoisotopic (exact) mass is 500 g/mol. The Balaban J connectivity index is 1.55. The van der Waals surface area contributed by atoms with Crippen LogP contribution < -0.4 is 10.6 Å². The molecule has 190 valence electrons. The van der Waals surface area contributed by atoms with Crippen LogP contribution in [0.1, 0.15) is 54.5 Å². The Hall–Kier alpha value is -2.59. The van der Waals surface area contributed by atoms with Gasteiger partial charge in [-0.05, 0) is 55.5 Å². The second-order valence-corrected chi connectivity index (χ2v) is 9.31. The van der Waals surface area contributed by atoms with Crippen molar-refractivity contribution in [3.05, 3.63) is 70.8 Å². The number of amides is 1. The van der Waals surface area contributed by atoms with Crippen LogP contribution >= 0.6 is 0 Å². The number of carbonyl (C=O) groups excluding carboxylic acids is 1. The predicted octanol–water partition coefficient (Wildman–Crippen LogP) is 5.59. The molecule has 1 aliphatic heterocycles. The minimum atomic E-state index is -4.93. The number of halogens is 6. The molecular formula is C25H26F6N2O2.